The Morgan fingerprint density at radius 3 is 2.86 bits per heavy atom. The number of ketones is 1. The molecule has 5 nitrogen and oxygen atoms in total. The van der Waals surface area contributed by atoms with Gasteiger partial charge in [0.1, 0.15) is 0 Å². The van der Waals surface area contributed by atoms with Gasteiger partial charge < -0.3 is 5.32 Å². The highest BCUT2D eigenvalue weighted by atomic mass is 35.5. The molecule has 1 aliphatic rings. The minimum absolute atomic E-state index is 0.0854. The molecule has 0 spiro atoms. The molecule has 106 valence electrons. The van der Waals surface area contributed by atoms with Crippen LogP contribution in [-0.2, 0) is 11.2 Å². The molecule has 0 unspecified atom stereocenters. The average Bonchev–Trinajstić information content (AvgIpc) is 2.84. The summed E-state index contributed by atoms with van der Waals surface area (Å²) in [6, 6.07) is 5.02. The van der Waals surface area contributed by atoms with Crippen LogP contribution in [0.2, 0.25) is 5.02 Å². The third kappa shape index (κ3) is 3.06. The number of carbonyl (C=O) groups is 2. The second kappa shape index (κ2) is 5.83. The van der Waals surface area contributed by atoms with Crippen molar-refractivity contribution >= 4 is 40.7 Å². The first-order valence-electron chi connectivity index (χ1n) is 6.19. The lowest BCUT2D eigenvalue weighted by Gasteiger charge is -2.06. The van der Waals surface area contributed by atoms with E-state index in [9.17, 15) is 9.59 Å². The van der Waals surface area contributed by atoms with Crippen molar-refractivity contribution < 1.29 is 9.59 Å². The van der Waals surface area contributed by atoms with Gasteiger partial charge in [0.15, 0.2) is 10.9 Å². The summed E-state index contributed by atoms with van der Waals surface area (Å²) in [7, 11) is 0. The summed E-state index contributed by atoms with van der Waals surface area (Å²) < 4.78 is 0. The van der Waals surface area contributed by atoms with E-state index in [1.54, 1.807) is 30.6 Å². The van der Waals surface area contributed by atoms with Gasteiger partial charge in [-0.25, -0.2) is 9.97 Å². The fraction of sp³-hybridized carbons (Fsp3) is 0.143. The maximum Gasteiger partial charge on any atom is 0.228 e. The minimum Gasteiger partial charge on any atom is -0.325 e. The quantitative estimate of drug-likeness (QED) is 0.533. The van der Waals surface area contributed by atoms with E-state index in [1.165, 1.54) is 11.8 Å². The Balaban J connectivity index is 1.76. The van der Waals surface area contributed by atoms with Crippen LogP contribution < -0.4 is 5.32 Å². The molecule has 0 bridgehead atoms. The molecule has 1 aromatic carbocycles. The van der Waals surface area contributed by atoms with Gasteiger partial charge in [0.2, 0.25) is 5.91 Å². The summed E-state index contributed by atoms with van der Waals surface area (Å²) in [6.07, 6.45) is 3.53. The summed E-state index contributed by atoms with van der Waals surface area (Å²) in [5.41, 5.74) is 1.91. The highest BCUT2D eigenvalue weighted by molar-refractivity contribution is 7.99. The molecular formula is C14H10ClN3O2S. The first kappa shape index (κ1) is 14.0. The molecule has 0 saturated heterocycles. The van der Waals surface area contributed by atoms with E-state index in [-0.39, 0.29) is 23.9 Å². The molecule has 0 fully saturated rings. The van der Waals surface area contributed by atoms with Gasteiger partial charge in [-0.3, -0.25) is 9.59 Å². The second-order valence-corrected chi connectivity index (χ2v) is 5.81. The number of benzene rings is 1. The molecular weight excluding hydrogens is 310 g/mol. The number of hydrogen-bond donors (Lipinski definition) is 1. The van der Waals surface area contributed by atoms with Crippen molar-refractivity contribution in [2.24, 2.45) is 0 Å². The van der Waals surface area contributed by atoms with Crippen molar-refractivity contribution in [1.29, 1.82) is 0 Å². The van der Waals surface area contributed by atoms with Crippen molar-refractivity contribution in [1.82, 2.24) is 9.97 Å². The maximum atomic E-state index is 12.3. The molecule has 2 aromatic rings. The van der Waals surface area contributed by atoms with Gasteiger partial charge in [0.05, 0.1) is 17.2 Å². The summed E-state index contributed by atoms with van der Waals surface area (Å²) in [5.74, 6) is 0.00139. The van der Waals surface area contributed by atoms with E-state index in [0.29, 0.717) is 21.4 Å². The van der Waals surface area contributed by atoms with Gasteiger partial charge in [-0.1, -0.05) is 23.4 Å². The lowest BCUT2D eigenvalue weighted by molar-refractivity contribution is -0.115. The number of rotatable bonds is 4. The third-order valence-electron chi connectivity index (χ3n) is 2.99. The van der Waals surface area contributed by atoms with Gasteiger partial charge in [-0.2, -0.15) is 0 Å². The molecule has 3 rings (SSSR count). The largest absolute Gasteiger partial charge is 0.325 e. The van der Waals surface area contributed by atoms with Crippen LogP contribution in [0.5, 0.6) is 0 Å². The number of thioether (sulfide) groups is 1. The number of aromatic nitrogens is 2. The highest BCUT2D eigenvalue weighted by Crippen LogP contribution is 2.30. The number of carbonyl (C=O) groups excluding carboxylic acids is 2. The van der Waals surface area contributed by atoms with Crippen molar-refractivity contribution in [3.05, 3.63) is 46.7 Å². The number of fused-ring (bicyclic) bond motifs is 1. The topological polar surface area (TPSA) is 72.0 Å². The van der Waals surface area contributed by atoms with Gasteiger partial charge >= 0.3 is 0 Å². The van der Waals surface area contributed by atoms with Gasteiger partial charge in [-0.05, 0) is 23.8 Å². The predicted molar refractivity (Wildman–Crippen MR) is 80.9 cm³/mol. The Kier molecular flexibility index (Phi) is 3.90. The molecule has 1 N–H and O–H groups in total. The molecule has 0 radical (unpaired) electrons. The molecule has 1 amide bonds. The Bertz CT molecular complexity index is 722. The first-order chi connectivity index (χ1) is 10.1. The Morgan fingerprint density at radius 1 is 1.33 bits per heavy atom. The number of amides is 1. The van der Waals surface area contributed by atoms with E-state index < -0.39 is 0 Å². The van der Waals surface area contributed by atoms with E-state index >= 15 is 0 Å². The van der Waals surface area contributed by atoms with E-state index in [0.717, 1.165) is 5.56 Å². The normalized spacial score (nSPS) is 12.9. The molecule has 21 heavy (non-hydrogen) atoms. The SMILES string of the molecule is O=C1Cc2cc(C(=O)CSc3ncccn3)c(Cl)cc2N1. The number of halogens is 1. The third-order valence-corrected chi connectivity index (χ3v) is 4.18. The standard InChI is InChI=1S/C14H10ClN3O2S/c15-10-6-11-8(5-13(20)18-11)4-9(10)12(19)7-21-14-16-2-1-3-17-14/h1-4,6H,5,7H2,(H,18,20). The molecule has 7 heteroatoms. The molecule has 2 heterocycles. The zero-order valence-electron chi connectivity index (χ0n) is 10.8. The van der Waals surface area contributed by atoms with Crippen LogP contribution in [0.1, 0.15) is 15.9 Å². The zero-order chi connectivity index (χ0) is 14.8. The van der Waals surface area contributed by atoms with Gasteiger partial charge in [0.25, 0.3) is 0 Å². The van der Waals surface area contributed by atoms with Gasteiger partial charge in [0, 0.05) is 23.6 Å². The second-order valence-electron chi connectivity index (χ2n) is 4.46. The van der Waals surface area contributed by atoms with Crippen LogP contribution in [0.4, 0.5) is 5.69 Å². The van der Waals surface area contributed by atoms with Crippen molar-refractivity contribution in [3.8, 4) is 0 Å². The van der Waals surface area contributed by atoms with Crippen LogP contribution in [0, 0.1) is 0 Å². The van der Waals surface area contributed by atoms with Gasteiger partial charge in [-0.15, -0.1) is 0 Å². The highest BCUT2D eigenvalue weighted by Gasteiger charge is 2.22. The van der Waals surface area contributed by atoms with Crippen LogP contribution in [0.3, 0.4) is 0 Å². The zero-order valence-corrected chi connectivity index (χ0v) is 12.4. The lowest BCUT2D eigenvalue weighted by atomic mass is 10.1. The fourth-order valence-corrected chi connectivity index (χ4v) is 2.99. The van der Waals surface area contributed by atoms with Crippen LogP contribution in [0.25, 0.3) is 0 Å². The van der Waals surface area contributed by atoms with Crippen LogP contribution in [-0.4, -0.2) is 27.4 Å². The maximum absolute atomic E-state index is 12.3. The van der Waals surface area contributed by atoms with E-state index in [1.807, 2.05) is 0 Å². The van der Waals surface area contributed by atoms with Crippen molar-refractivity contribution in [2.75, 3.05) is 11.1 Å². The summed E-state index contributed by atoms with van der Waals surface area (Å²) >= 11 is 7.37. The Labute approximate surface area is 130 Å². The average molecular weight is 320 g/mol. The Hall–Kier alpha value is -1.92. The van der Waals surface area contributed by atoms with Crippen LogP contribution in [0.15, 0.2) is 35.7 Å². The fourth-order valence-electron chi connectivity index (χ4n) is 2.03. The number of anilines is 1. The lowest BCUT2D eigenvalue weighted by Crippen LogP contribution is -2.05. The minimum atomic E-state index is -0.111. The number of Topliss-reactive ketones (excluding diaryl/α,β-unsaturated/α-hetero) is 1. The monoisotopic (exact) mass is 319 g/mol. The Morgan fingerprint density at radius 2 is 2.10 bits per heavy atom. The number of nitrogens with one attached hydrogen (secondary N) is 1. The molecule has 0 atom stereocenters. The molecule has 0 saturated carbocycles. The van der Waals surface area contributed by atoms with Crippen molar-refractivity contribution in [3.63, 3.8) is 0 Å². The van der Waals surface area contributed by atoms with E-state index in [2.05, 4.69) is 15.3 Å². The predicted octanol–water partition coefficient (Wildman–Crippen LogP) is 2.60. The van der Waals surface area contributed by atoms with Crippen molar-refractivity contribution in [2.45, 2.75) is 11.6 Å². The summed E-state index contributed by atoms with van der Waals surface area (Å²) in [5, 5.41) is 3.59. The molecule has 1 aliphatic heterocycles. The molecule has 0 aliphatic carbocycles. The van der Waals surface area contributed by atoms with E-state index in [4.69, 9.17) is 11.6 Å². The number of nitrogens with zero attached hydrogens (tertiary/aromatic N) is 2. The summed E-state index contributed by atoms with van der Waals surface area (Å²) in [4.78, 5) is 31.7. The number of hydrogen-bond acceptors (Lipinski definition) is 5. The van der Waals surface area contributed by atoms with Crippen LogP contribution >= 0.6 is 23.4 Å². The smallest absolute Gasteiger partial charge is 0.228 e. The molecule has 1 aromatic heterocycles. The summed E-state index contributed by atoms with van der Waals surface area (Å²) in [6.45, 7) is 0. The first-order valence-corrected chi connectivity index (χ1v) is 7.55.